The van der Waals surface area contributed by atoms with Crippen LogP contribution < -0.4 is 0 Å². The second-order valence-electron chi connectivity index (χ2n) is 2.92. The van der Waals surface area contributed by atoms with Crippen LogP contribution in [0.4, 0.5) is 0 Å². The van der Waals surface area contributed by atoms with E-state index in [1.807, 2.05) is 32.0 Å². The fourth-order valence-electron chi connectivity index (χ4n) is 1.19. The quantitative estimate of drug-likeness (QED) is 0.749. The van der Waals surface area contributed by atoms with Gasteiger partial charge in [0.25, 0.3) is 0 Å². The lowest BCUT2D eigenvalue weighted by Gasteiger charge is -2.11. The molecule has 1 atom stereocenters. The number of hydrogen-bond acceptors (Lipinski definition) is 1. The Bertz CT molecular complexity index is 271. The molecule has 0 spiro atoms. The van der Waals surface area contributed by atoms with Crippen molar-refractivity contribution in [1.29, 1.82) is 0 Å². The Kier molecular flexibility index (Phi) is 3.12. The van der Waals surface area contributed by atoms with Crippen LogP contribution in [0.5, 0.6) is 0 Å². The normalized spacial score (nSPS) is 13.0. The Morgan fingerprint density at radius 2 is 2.17 bits per heavy atom. The van der Waals surface area contributed by atoms with Gasteiger partial charge in [-0.2, -0.15) is 0 Å². The van der Waals surface area contributed by atoms with Gasteiger partial charge in [0.15, 0.2) is 0 Å². The minimum atomic E-state index is -0.385. The third kappa shape index (κ3) is 1.99. The van der Waals surface area contributed by atoms with Gasteiger partial charge in [0, 0.05) is 5.02 Å². The molecule has 1 nitrogen and oxygen atoms in total. The van der Waals surface area contributed by atoms with E-state index in [0.29, 0.717) is 5.02 Å². The summed E-state index contributed by atoms with van der Waals surface area (Å²) < 4.78 is 0. The smallest absolute Gasteiger partial charge is 0.0790 e. The van der Waals surface area contributed by atoms with Crippen molar-refractivity contribution in [2.45, 2.75) is 26.4 Å². The molecule has 66 valence electrons. The largest absolute Gasteiger partial charge is 0.388 e. The minimum absolute atomic E-state index is 0.385. The van der Waals surface area contributed by atoms with Crippen LogP contribution in [0.25, 0.3) is 0 Å². The van der Waals surface area contributed by atoms with Crippen molar-refractivity contribution in [3.63, 3.8) is 0 Å². The van der Waals surface area contributed by atoms with Crippen LogP contribution in [0.3, 0.4) is 0 Å². The van der Waals surface area contributed by atoms with Gasteiger partial charge >= 0.3 is 0 Å². The standard InChI is InChI=1S/C10H13ClO/c1-3-10(12)9-6-8(11)5-4-7(9)2/h4-6,10,12H,3H2,1-2H3/t10-/m0/s1. The van der Waals surface area contributed by atoms with Gasteiger partial charge in [-0.3, -0.25) is 0 Å². The van der Waals surface area contributed by atoms with E-state index in [9.17, 15) is 5.11 Å². The maximum Gasteiger partial charge on any atom is 0.0790 e. The van der Waals surface area contributed by atoms with Gasteiger partial charge in [0.2, 0.25) is 0 Å². The van der Waals surface area contributed by atoms with Crippen molar-refractivity contribution in [1.82, 2.24) is 0 Å². The van der Waals surface area contributed by atoms with Crippen LogP contribution in [0.2, 0.25) is 5.02 Å². The summed E-state index contributed by atoms with van der Waals surface area (Å²) in [4.78, 5) is 0. The van der Waals surface area contributed by atoms with Gasteiger partial charge in [-0.15, -0.1) is 0 Å². The highest BCUT2D eigenvalue weighted by molar-refractivity contribution is 6.30. The molecule has 0 aliphatic carbocycles. The third-order valence-corrected chi connectivity index (χ3v) is 2.22. The molecule has 0 saturated carbocycles. The lowest BCUT2D eigenvalue weighted by atomic mass is 10.0. The molecule has 0 aliphatic rings. The summed E-state index contributed by atoms with van der Waals surface area (Å²) in [5, 5.41) is 10.3. The Hall–Kier alpha value is -0.530. The van der Waals surface area contributed by atoms with Gasteiger partial charge in [0.05, 0.1) is 6.10 Å². The van der Waals surface area contributed by atoms with Crippen LogP contribution >= 0.6 is 11.6 Å². The first-order chi connectivity index (χ1) is 5.65. The minimum Gasteiger partial charge on any atom is -0.388 e. The molecule has 0 aliphatic heterocycles. The molecule has 0 unspecified atom stereocenters. The van der Waals surface area contributed by atoms with E-state index in [2.05, 4.69) is 0 Å². The molecule has 0 saturated heterocycles. The van der Waals surface area contributed by atoms with Gasteiger partial charge in [-0.25, -0.2) is 0 Å². The van der Waals surface area contributed by atoms with Crippen molar-refractivity contribution >= 4 is 11.6 Å². The molecule has 1 aromatic rings. The predicted octanol–water partition coefficient (Wildman–Crippen LogP) is 3.09. The molecule has 1 rings (SSSR count). The summed E-state index contributed by atoms with van der Waals surface area (Å²) in [6.45, 7) is 3.93. The van der Waals surface area contributed by atoms with Crippen LogP contribution in [0.1, 0.15) is 30.6 Å². The predicted molar refractivity (Wildman–Crippen MR) is 51.4 cm³/mol. The van der Waals surface area contributed by atoms with Crippen molar-refractivity contribution in [2.75, 3.05) is 0 Å². The molecule has 0 heterocycles. The first kappa shape index (κ1) is 9.56. The fraction of sp³-hybridized carbons (Fsp3) is 0.400. The molecule has 0 amide bonds. The van der Waals surface area contributed by atoms with E-state index >= 15 is 0 Å². The first-order valence-corrected chi connectivity index (χ1v) is 4.47. The maximum absolute atomic E-state index is 9.58. The van der Waals surface area contributed by atoms with E-state index in [0.717, 1.165) is 17.5 Å². The Morgan fingerprint density at radius 1 is 1.50 bits per heavy atom. The average molecular weight is 185 g/mol. The molecule has 0 bridgehead atoms. The molecule has 1 aromatic carbocycles. The Balaban J connectivity index is 3.04. The molecule has 1 N–H and O–H groups in total. The second-order valence-corrected chi connectivity index (χ2v) is 3.36. The Morgan fingerprint density at radius 3 is 2.75 bits per heavy atom. The molecule has 0 radical (unpaired) electrons. The number of benzene rings is 1. The Labute approximate surface area is 78.0 Å². The number of rotatable bonds is 2. The van der Waals surface area contributed by atoms with Gasteiger partial charge < -0.3 is 5.11 Å². The summed E-state index contributed by atoms with van der Waals surface area (Å²) in [5.74, 6) is 0. The summed E-state index contributed by atoms with van der Waals surface area (Å²) in [7, 11) is 0. The number of hydrogen-bond donors (Lipinski definition) is 1. The summed E-state index contributed by atoms with van der Waals surface area (Å²) in [6, 6.07) is 5.59. The van der Waals surface area contributed by atoms with E-state index in [1.54, 1.807) is 0 Å². The van der Waals surface area contributed by atoms with Gasteiger partial charge in [-0.1, -0.05) is 24.6 Å². The highest BCUT2D eigenvalue weighted by atomic mass is 35.5. The molecule has 2 heteroatoms. The van der Waals surface area contributed by atoms with Crippen molar-refractivity contribution in [3.05, 3.63) is 34.3 Å². The highest BCUT2D eigenvalue weighted by Gasteiger charge is 2.07. The summed E-state index contributed by atoms with van der Waals surface area (Å²) >= 11 is 5.81. The topological polar surface area (TPSA) is 20.2 Å². The van der Waals surface area contributed by atoms with Crippen molar-refractivity contribution in [2.24, 2.45) is 0 Å². The molecular formula is C10H13ClO. The molecule has 12 heavy (non-hydrogen) atoms. The van der Waals surface area contributed by atoms with E-state index in [4.69, 9.17) is 11.6 Å². The van der Waals surface area contributed by atoms with Crippen molar-refractivity contribution in [3.8, 4) is 0 Å². The highest BCUT2D eigenvalue weighted by Crippen LogP contribution is 2.23. The number of halogens is 1. The molecule has 0 fully saturated rings. The average Bonchev–Trinajstić information content (AvgIpc) is 2.08. The monoisotopic (exact) mass is 184 g/mol. The van der Waals surface area contributed by atoms with E-state index in [-0.39, 0.29) is 6.10 Å². The lowest BCUT2D eigenvalue weighted by Crippen LogP contribution is -1.97. The van der Waals surface area contributed by atoms with Crippen LogP contribution in [0, 0.1) is 6.92 Å². The van der Waals surface area contributed by atoms with Crippen LogP contribution in [-0.4, -0.2) is 5.11 Å². The van der Waals surface area contributed by atoms with Gasteiger partial charge in [-0.05, 0) is 36.6 Å². The lowest BCUT2D eigenvalue weighted by molar-refractivity contribution is 0.173. The number of aryl methyl sites for hydroxylation is 1. The zero-order valence-electron chi connectivity index (χ0n) is 7.34. The third-order valence-electron chi connectivity index (χ3n) is 1.99. The fourth-order valence-corrected chi connectivity index (χ4v) is 1.37. The molecular weight excluding hydrogens is 172 g/mol. The molecule has 0 aromatic heterocycles. The van der Waals surface area contributed by atoms with E-state index in [1.165, 1.54) is 0 Å². The first-order valence-electron chi connectivity index (χ1n) is 4.09. The second kappa shape index (κ2) is 3.92. The van der Waals surface area contributed by atoms with Crippen molar-refractivity contribution < 1.29 is 5.11 Å². The van der Waals surface area contributed by atoms with Crippen LogP contribution in [0.15, 0.2) is 18.2 Å². The zero-order chi connectivity index (χ0) is 9.14. The summed E-state index contributed by atoms with van der Waals surface area (Å²) in [5.41, 5.74) is 2.03. The zero-order valence-corrected chi connectivity index (χ0v) is 8.10. The van der Waals surface area contributed by atoms with Gasteiger partial charge in [0.1, 0.15) is 0 Å². The SMILES string of the molecule is CC[C@H](O)c1cc(Cl)ccc1C. The summed E-state index contributed by atoms with van der Waals surface area (Å²) in [6.07, 6.45) is 0.338. The number of aliphatic hydroxyl groups excluding tert-OH is 1. The van der Waals surface area contributed by atoms with E-state index < -0.39 is 0 Å². The maximum atomic E-state index is 9.58. The van der Waals surface area contributed by atoms with Crippen LogP contribution in [-0.2, 0) is 0 Å². The number of aliphatic hydroxyl groups is 1.